The number of ether oxygens (including phenoxy) is 3. The monoisotopic (exact) mass is 520 g/mol. The Balaban J connectivity index is 1.07. The van der Waals surface area contributed by atoms with Crippen molar-refractivity contribution >= 4 is 17.7 Å². The number of fused-ring (bicyclic) bond motifs is 3. The maximum Gasteiger partial charge on any atom is 0.342 e. The molecule has 1 aliphatic carbocycles. The Bertz CT molecular complexity index is 1340. The topological polar surface area (TPSA) is 96.7 Å². The molecule has 3 aromatic rings. The van der Waals surface area contributed by atoms with Gasteiger partial charge in [0.05, 0.1) is 37.0 Å². The van der Waals surface area contributed by atoms with Gasteiger partial charge in [-0.3, -0.25) is 9.59 Å². The van der Waals surface area contributed by atoms with Crippen LogP contribution in [0.15, 0.2) is 55.0 Å². The third-order valence-electron chi connectivity index (χ3n) is 7.22. The predicted octanol–water partition coefficient (Wildman–Crippen LogP) is 4.91. The third-order valence-corrected chi connectivity index (χ3v) is 7.22. The highest BCUT2D eigenvalue weighted by atomic mass is 19.1. The molecule has 0 amide bonds. The number of esters is 2. The van der Waals surface area contributed by atoms with Crippen LogP contribution < -0.4 is 4.74 Å². The number of ketones is 1. The summed E-state index contributed by atoms with van der Waals surface area (Å²) in [5.41, 5.74) is 2.38. The molecule has 198 valence electrons. The van der Waals surface area contributed by atoms with Crippen molar-refractivity contribution in [2.75, 3.05) is 13.2 Å². The molecule has 8 nitrogen and oxygen atoms in total. The van der Waals surface area contributed by atoms with Gasteiger partial charge in [-0.15, -0.1) is 0 Å². The van der Waals surface area contributed by atoms with Gasteiger partial charge in [-0.25, -0.2) is 14.2 Å². The molecule has 1 atom stereocenters. The summed E-state index contributed by atoms with van der Waals surface area (Å²) in [5.74, 6) is -1.21. The molecule has 0 saturated heterocycles. The van der Waals surface area contributed by atoms with Gasteiger partial charge in [-0.2, -0.15) is 0 Å². The first-order valence-electron chi connectivity index (χ1n) is 12.8. The van der Waals surface area contributed by atoms with Crippen molar-refractivity contribution in [2.24, 2.45) is 5.92 Å². The van der Waals surface area contributed by atoms with Crippen molar-refractivity contribution in [3.8, 4) is 17.0 Å². The molecule has 38 heavy (non-hydrogen) atoms. The zero-order valence-electron chi connectivity index (χ0n) is 21.1. The standard InChI is InChI=1S/C29H29FN2O6/c1-18(33)38-27-8-3-2-5-22(27)29(35)37-14-13-36-20-11-9-19(10-12-20)26(34)15-24-28-21(6-4-7-23(28)30)25-16-31-17-32(24)25/h2-8,16-17,19-20,24H,9-15H2,1H3. The Kier molecular flexibility index (Phi) is 7.64. The summed E-state index contributed by atoms with van der Waals surface area (Å²) in [6.07, 6.45) is 6.45. The molecule has 2 aromatic carbocycles. The van der Waals surface area contributed by atoms with E-state index in [1.165, 1.54) is 25.1 Å². The number of halogens is 1. The van der Waals surface area contributed by atoms with E-state index < -0.39 is 11.9 Å². The number of Topliss-reactive ketones (excluding diaryl/α,β-unsaturated/α-hetero) is 1. The Morgan fingerprint density at radius 1 is 1.03 bits per heavy atom. The SMILES string of the molecule is CC(=O)Oc1ccccc1C(=O)OCCOC1CCC(C(=O)CC2c3c(F)cccc3-c3cncn32)CC1. The number of aromatic nitrogens is 2. The molecule has 1 aromatic heterocycles. The second kappa shape index (κ2) is 11.3. The van der Waals surface area contributed by atoms with Gasteiger partial charge in [0, 0.05) is 30.4 Å². The van der Waals surface area contributed by atoms with Gasteiger partial charge in [-0.05, 0) is 43.9 Å². The zero-order valence-corrected chi connectivity index (χ0v) is 21.1. The van der Waals surface area contributed by atoms with Crippen LogP contribution in [0.2, 0.25) is 0 Å². The molecule has 0 N–H and O–H groups in total. The number of para-hydroxylation sites is 1. The van der Waals surface area contributed by atoms with E-state index in [9.17, 15) is 18.8 Å². The highest BCUT2D eigenvalue weighted by Gasteiger charge is 2.35. The summed E-state index contributed by atoms with van der Waals surface area (Å²) in [5, 5.41) is 0. The van der Waals surface area contributed by atoms with Crippen molar-refractivity contribution in [2.45, 2.75) is 51.2 Å². The number of carbonyl (C=O) groups excluding carboxylic acids is 3. The second-order valence-corrected chi connectivity index (χ2v) is 9.64. The average molecular weight is 521 g/mol. The van der Waals surface area contributed by atoms with Crippen LogP contribution in [0.5, 0.6) is 5.75 Å². The minimum absolute atomic E-state index is 0.0176. The first kappa shape index (κ1) is 25.8. The van der Waals surface area contributed by atoms with Crippen molar-refractivity contribution in [1.29, 1.82) is 0 Å². The van der Waals surface area contributed by atoms with Gasteiger partial charge < -0.3 is 18.8 Å². The van der Waals surface area contributed by atoms with E-state index in [0.29, 0.717) is 18.4 Å². The largest absolute Gasteiger partial charge is 0.460 e. The molecule has 0 spiro atoms. The highest BCUT2D eigenvalue weighted by molar-refractivity contribution is 5.93. The molecule has 1 fully saturated rings. The number of rotatable bonds is 9. The van der Waals surface area contributed by atoms with Crippen molar-refractivity contribution < 1.29 is 33.0 Å². The van der Waals surface area contributed by atoms with E-state index in [4.69, 9.17) is 14.2 Å². The van der Waals surface area contributed by atoms with Crippen LogP contribution >= 0.6 is 0 Å². The smallest absolute Gasteiger partial charge is 0.342 e. The number of hydrogen-bond acceptors (Lipinski definition) is 7. The molecule has 5 rings (SSSR count). The van der Waals surface area contributed by atoms with E-state index in [1.54, 1.807) is 30.7 Å². The number of benzene rings is 2. The molecule has 1 aliphatic heterocycles. The lowest BCUT2D eigenvalue weighted by molar-refractivity contribution is -0.132. The van der Waals surface area contributed by atoms with Crippen molar-refractivity contribution in [3.63, 3.8) is 0 Å². The highest BCUT2D eigenvalue weighted by Crippen LogP contribution is 2.43. The summed E-state index contributed by atoms with van der Waals surface area (Å²) < 4.78 is 32.8. The van der Waals surface area contributed by atoms with Gasteiger partial charge in [0.2, 0.25) is 0 Å². The Labute approximate surface area is 219 Å². The maximum atomic E-state index is 14.7. The predicted molar refractivity (Wildman–Crippen MR) is 135 cm³/mol. The minimum atomic E-state index is -0.592. The van der Waals surface area contributed by atoms with E-state index in [1.807, 2.05) is 10.6 Å². The van der Waals surface area contributed by atoms with E-state index in [2.05, 4.69) is 4.98 Å². The van der Waals surface area contributed by atoms with Crippen LogP contribution in [0.25, 0.3) is 11.3 Å². The molecule has 2 heterocycles. The molecule has 2 aliphatic rings. The molecule has 1 unspecified atom stereocenters. The van der Waals surface area contributed by atoms with Gasteiger partial charge in [-0.1, -0.05) is 24.3 Å². The number of imidazole rings is 1. The average Bonchev–Trinajstić information content (AvgIpc) is 3.50. The fourth-order valence-corrected chi connectivity index (χ4v) is 5.41. The van der Waals surface area contributed by atoms with Gasteiger partial charge >= 0.3 is 11.9 Å². The lowest BCUT2D eigenvalue weighted by Gasteiger charge is -2.28. The third kappa shape index (κ3) is 5.38. The van der Waals surface area contributed by atoms with Crippen LogP contribution in [0.1, 0.15) is 61.0 Å². The van der Waals surface area contributed by atoms with Crippen LogP contribution in [-0.2, 0) is 19.1 Å². The summed E-state index contributed by atoms with van der Waals surface area (Å²) in [6.45, 7) is 1.56. The van der Waals surface area contributed by atoms with Crippen molar-refractivity contribution in [1.82, 2.24) is 9.55 Å². The molecule has 0 radical (unpaired) electrons. The second-order valence-electron chi connectivity index (χ2n) is 9.64. The fraction of sp³-hybridized carbons (Fsp3) is 0.379. The maximum absolute atomic E-state index is 14.7. The Morgan fingerprint density at radius 2 is 1.82 bits per heavy atom. The Morgan fingerprint density at radius 3 is 2.61 bits per heavy atom. The van der Waals surface area contributed by atoms with Gasteiger partial charge in [0.25, 0.3) is 0 Å². The van der Waals surface area contributed by atoms with Gasteiger partial charge in [0.15, 0.2) is 0 Å². The quantitative estimate of drug-likeness (QED) is 0.225. The fourth-order valence-electron chi connectivity index (χ4n) is 5.41. The number of hydrogen-bond donors (Lipinski definition) is 0. The first-order chi connectivity index (χ1) is 18.4. The molecule has 1 saturated carbocycles. The molecule has 0 bridgehead atoms. The van der Waals surface area contributed by atoms with Crippen LogP contribution in [-0.4, -0.2) is 46.6 Å². The Hall–Kier alpha value is -3.85. The molecular weight excluding hydrogens is 491 g/mol. The lowest BCUT2D eigenvalue weighted by Crippen LogP contribution is -2.28. The normalized spacial score (nSPS) is 19.9. The summed E-state index contributed by atoms with van der Waals surface area (Å²) in [4.78, 5) is 41.0. The summed E-state index contributed by atoms with van der Waals surface area (Å²) in [7, 11) is 0. The van der Waals surface area contributed by atoms with Gasteiger partial charge in [0.1, 0.15) is 29.5 Å². The van der Waals surface area contributed by atoms with Crippen LogP contribution in [0, 0.1) is 11.7 Å². The first-order valence-corrected chi connectivity index (χ1v) is 12.8. The minimum Gasteiger partial charge on any atom is -0.460 e. The summed E-state index contributed by atoms with van der Waals surface area (Å²) in [6, 6.07) is 11.0. The van der Waals surface area contributed by atoms with Crippen LogP contribution in [0.4, 0.5) is 4.39 Å². The summed E-state index contributed by atoms with van der Waals surface area (Å²) >= 11 is 0. The molecular formula is C29H29FN2O6. The van der Waals surface area contributed by atoms with Crippen LogP contribution in [0.3, 0.4) is 0 Å². The molecule has 9 heteroatoms. The lowest BCUT2D eigenvalue weighted by atomic mass is 9.82. The van der Waals surface area contributed by atoms with E-state index >= 15 is 0 Å². The number of carbonyl (C=O) groups is 3. The number of nitrogens with zero attached hydrogens (tertiary/aromatic N) is 2. The van der Waals surface area contributed by atoms with Crippen molar-refractivity contribution in [3.05, 3.63) is 71.9 Å². The zero-order chi connectivity index (χ0) is 26.6. The van der Waals surface area contributed by atoms with E-state index in [-0.39, 0.29) is 60.6 Å². The van der Waals surface area contributed by atoms with E-state index in [0.717, 1.165) is 24.1 Å².